The van der Waals surface area contributed by atoms with Gasteiger partial charge in [-0.3, -0.25) is 11.3 Å². The van der Waals surface area contributed by atoms with Crippen LogP contribution < -0.4 is 11.3 Å². The number of hydrogen-bond acceptors (Lipinski definition) is 3. The van der Waals surface area contributed by atoms with Crippen LogP contribution in [0.4, 0.5) is 0 Å². The van der Waals surface area contributed by atoms with E-state index in [1.807, 2.05) is 0 Å². The van der Waals surface area contributed by atoms with Crippen molar-refractivity contribution in [2.24, 2.45) is 29.5 Å². The Hall–Kier alpha value is -0.120. The average molecular weight is 250 g/mol. The Balaban J connectivity index is 1.43. The lowest BCUT2D eigenvalue weighted by molar-refractivity contribution is -0.149. The third kappa shape index (κ3) is 1.83. The average Bonchev–Trinajstić information content (AvgIpc) is 2.96. The molecule has 4 aliphatic rings. The molecule has 0 aromatic heterocycles. The summed E-state index contributed by atoms with van der Waals surface area (Å²) >= 11 is 0. The second-order valence-corrected chi connectivity index (χ2v) is 7.32. The molecule has 3 aliphatic carbocycles. The maximum absolute atomic E-state index is 6.05. The standard InChI is InChI=1S/C15H26N2O/c16-17-14(13-7-11-6-12(11)8-13)10-2-5-18-15(9-10)3-1-4-15/h10-14,17H,1-9,16H2. The first-order valence-electron chi connectivity index (χ1n) is 7.90. The van der Waals surface area contributed by atoms with Gasteiger partial charge in [-0.1, -0.05) is 0 Å². The monoisotopic (exact) mass is 250 g/mol. The molecule has 0 aromatic rings. The van der Waals surface area contributed by atoms with E-state index in [0.717, 1.165) is 30.3 Å². The van der Waals surface area contributed by atoms with Crippen LogP contribution in [0.15, 0.2) is 0 Å². The van der Waals surface area contributed by atoms with Crippen molar-refractivity contribution in [3.8, 4) is 0 Å². The van der Waals surface area contributed by atoms with E-state index in [-0.39, 0.29) is 5.60 Å². The van der Waals surface area contributed by atoms with Crippen LogP contribution in [-0.2, 0) is 4.74 Å². The quantitative estimate of drug-likeness (QED) is 0.596. The summed E-state index contributed by atoms with van der Waals surface area (Å²) in [5.74, 6) is 9.62. The molecule has 3 nitrogen and oxygen atoms in total. The highest BCUT2D eigenvalue weighted by Crippen LogP contribution is 2.56. The van der Waals surface area contributed by atoms with E-state index in [1.165, 1.54) is 51.4 Å². The minimum atomic E-state index is 0.263. The van der Waals surface area contributed by atoms with Gasteiger partial charge in [0.1, 0.15) is 0 Å². The molecule has 3 N–H and O–H groups in total. The first kappa shape index (κ1) is 11.7. The molecule has 1 aliphatic heterocycles. The third-order valence-corrected chi connectivity index (χ3v) is 6.28. The molecule has 0 amide bonds. The minimum absolute atomic E-state index is 0.263. The van der Waals surface area contributed by atoms with E-state index in [1.54, 1.807) is 0 Å². The van der Waals surface area contributed by atoms with Gasteiger partial charge in [0.05, 0.1) is 5.60 Å². The molecule has 1 saturated heterocycles. The minimum Gasteiger partial charge on any atom is -0.375 e. The van der Waals surface area contributed by atoms with Crippen molar-refractivity contribution < 1.29 is 4.74 Å². The van der Waals surface area contributed by atoms with Crippen molar-refractivity contribution in [2.75, 3.05) is 6.61 Å². The van der Waals surface area contributed by atoms with E-state index >= 15 is 0 Å². The smallest absolute Gasteiger partial charge is 0.0685 e. The first-order chi connectivity index (χ1) is 8.80. The summed E-state index contributed by atoms with van der Waals surface area (Å²) in [6, 6.07) is 0.555. The van der Waals surface area contributed by atoms with Gasteiger partial charge in [0.25, 0.3) is 0 Å². The molecule has 0 radical (unpaired) electrons. The van der Waals surface area contributed by atoms with Gasteiger partial charge in [0.2, 0.25) is 0 Å². The summed E-state index contributed by atoms with van der Waals surface area (Å²) in [5.41, 5.74) is 3.45. The van der Waals surface area contributed by atoms with Crippen molar-refractivity contribution in [3.05, 3.63) is 0 Å². The Morgan fingerprint density at radius 2 is 1.89 bits per heavy atom. The highest BCUT2D eigenvalue weighted by atomic mass is 16.5. The number of ether oxygens (including phenoxy) is 1. The molecule has 0 bridgehead atoms. The number of rotatable bonds is 3. The molecule has 0 aromatic carbocycles. The molecule has 3 saturated carbocycles. The highest BCUT2D eigenvalue weighted by molar-refractivity contribution is 5.03. The van der Waals surface area contributed by atoms with Gasteiger partial charge in [-0.15, -0.1) is 0 Å². The summed E-state index contributed by atoms with van der Waals surface area (Å²) in [4.78, 5) is 0. The molecular formula is C15H26N2O. The molecule has 1 spiro atoms. The zero-order valence-corrected chi connectivity index (χ0v) is 11.2. The predicted octanol–water partition coefficient (Wildman–Crippen LogP) is 2.21. The number of nitrogens with one attached hydrogen (secondary N) is 1. The molecule has 3 heteroatoms. The van der Waals surface area contributed by atoms with E-state index < -0.39 is 0 Å². The normalized spacial score (nSPS) is 46.5. The van der Waals surface area contributed by atoms with Crippen molar-refractivity contribution >= 4 is 0 Å². The Labute approximate surface area is 110 Å². The second kappa shape index (κ2) is 4.19. The van der Waals surface area contributed by atoms with Crippen LogP contribution in [0.1, 0.15) is 51.4 Å². The Bertz CT molecular complexity index is 318. The summed E-state index contributed by atoms with van der Waals surface area (Å²) in [6.45, 7) is 0.961. The van der Waals surface area contributed by atoms with Crippen molar-refractivity contribution in [3.63, 3.8) is 0 Å². The van der Waals surface area contributed by atoms with E-state index in [0.29, 0.717) is 6.04 Å². The number of hydrogen-bond donors (Lipinski definition) is 2. The van der Waals surface area contributed by atoms with Gasteiger partial charge in [-0.25, -0.2) is 0 Å². The summed E-state index contributed by atoms with van der Waals surface area (Å²) in [6.07, 6.45) is 10.8. The van der Waals surface area contributed by atoms with Crippen LogP contribution in [0.25, 0.3) is 0 Å². The predicted molar refractivity (Wildman–Crippen MR) is 70.7 cm³/mol. The zero-order valence-electron chi connectivity index (χ0n) is 11.2. The van der Waals surface area contributed by atoms with E-state index in [2.05, 4.69) is 5.43 Å². The topological polar surface area (TPSA) is 47.3 Å². The third-order valence-electron chi connectivity index (χ3n) is 6.28. The molecule has 4 unspecified atom stereocenters. The lowest BCUT2D eigenvalue weighted by atomic mass is 9.68. The fraction of sp³-hybridized carbons (Fsp3) is 1.00. The van der Waals surface area contributed by atoms with Crippen LogP contribution in [0.3, 0.4) is 0 Å². The molecule has 4 fully saturated rings. The lowest BCUT2D eigenvalue weighted by Crippen LogP contribution is -2.53. The fourth-order valence-electron chi connectivity index (χ4n) is 5.00. The lowest BCUT2D eigenvalue weighted by Gasteiger charge is -2.49. The maximum Gasteiger partial charge on any atom is 0.0685 e. The van der Waals surface area contributed by atoms with Gasteiger partial charge in [-0.2, -0.15) is 0 Å². The van der Waals surface area contributed by atoms with Crippen LogP contribution in [0, 0.1) is 23.7 Å². The van der Waals surface area contributed by atoms with Gasteiger partial charge in [0, 0.05) is 12.6 Å². The largest absolute Gasteiger partial charge is 0.375 e. The second-order valence-electron chi connectivity index (χ2n) is 7.32. The van der Waals surface area contributed by atoms with Crippen LogP contribution >= 0.6 is 0 Å². The van der Waals surface area contributed by atoms with Crippen molar-refractivity contribution in [2.45, 2.75) is 63.0 Å². The summed E-state index contributed by atoms with van der Waals surface area (Å²) in [7, 11) is 0. The summed E-state index contributed by atoms with van der Waals surface area (Å²) < 4.78 is 6.05. The number of nitrogens with two attached hydrogens (primary N) is 1. The number of fused-ring (bicyclic) bond motifs is 1. The van der Waals surface area contributed by atoms with Crippen molar-refractivity contribution in [1.82, 2.24) is 5.43 Å². The highest BCUT2D eigenvalue weighted by Gasteiger charge is 2.51. The van der Waals surface area contributed by atoms with Crippen LogP contribution in [0.5, 0.6) is 0 Å². The Morgan fingerprint density at radius 1 is 1.11 bits per heavy atom. The zero-order chi connectivity index (χ0) is 12.2. The van der Waals surface area contributed by atoms with Crippen LogP contribution in [-0.4, -0.2) is 18.2 Å². The number of hydrazine groups is 1. The van der Waals surface area contributed by atoms with E-state index in [9.17, 15) is 0 Å². The fourth-order valence-corrected chi connectivity index (χ4v) is 5.00. The first-order valence-corrected chi connectivity index (χ1v) is 7.90. The summed E-state index contributed by atoms with van der Waals surface area (Å²) in [5, 5.41) is 0. The maximum atomic E-state index is 6.05. The van der Waals surface area contributed by atoms with E-state index in [4.69, 9.17) is 10.6 Å². The Morgan fingerprint density at radius 3 is 2.50 bits per heavy atom. The van der Waals surface area contributed by atoms with Crippen molar-refractivity contribution in [1.29, 1.82) is 0 Å². The van der Waals surface area contributed by atoms with Gasteiger partial charge in [0.15, 0.2) is 0 Å². The molecule has 4 rings (SSSR count). The molecule has 4 atom stereocenters. The molecular weight excluding hydrogens is 224 g/mol. The van der Waals surface area contributed by atoms with Crippen LogP contribution in [0.2, 0.25) is 0 Å². The molecule has 1 heterocycles. The molecule has 102 valence electrons. The van der Waals surface area contributed by atoms with Gasteiger partial charge >= 0.3 is 0 Å². The SMILES string of the molecule is NNC(C1CC2CC2C1)C1CCOC2(CCC2)C1. The van der Waals surface area contributed by atoms with Gasteiger partial charge < -0.3 is 4.74 Å². The van der Waals surface area contributed by atoms with Gasteiger partial charge in [-0.05, 0) is 75.0 Å². The molecule has 18 heavy (non-hydrogen) atoms. The Kier molecular flexibility index (Phi) is 2.72.